The second-order valence-corrected chi connectivity index (χ2v) is 4.28. The minimum Gasteiger partial charge on any atom is -0.292 e. The Kier molecular flexibility index (Phi) is 3.59. The largest absolute Gasteiger partial charge is 0.292 e. The van der Waals surface area contributed by atoms with E-state index >= 15 is 0 Å². The lowest BCUT2D eigenvalue weighted by atomic mass is 10.1. The Labute approximate surface area is 105 Å². The van der Waals surface area contributed by atoms with Gasteiger partial charge in [-0.05, 0) is 12.0 Å². The Morgan fingerprint density at radius 1 is 1.35 bits per heavy atom. The van der Waals surface area contributed by atoms with Gasteiger partial charge in [0, 0.05) is 13.5 Å². The Balaban J connectivity index is 2.04. The number of Topliss-reactive ketones (excluding diaryl/α,β-unsaturated/α-hetero) is 1. The molecule has 3 nitrogen and oxygen atoms in total. The quantitative estimate of drug-likeness (QED) is 0.780. The average molecular weight is 249 g/mol. The van der Waals surface area contributed by atoms with Crippen LogP contribution in [0.25, 0.3) is 0 Å². The van der Waals surface area contributed by atoms with Crippen LogP contribution < -0.4 is 0 Å². The highest BCUT2D eigenvalue weighted by Gasteiger charge is 2.15. The molecule has 17 heavy (non-hydrogen) atoms. The van der Waals surface area contributed by atoms with Crippen LogP contribution in [0.1, 0.15) is 22.5 Å². The number of carbonyl (C=O) groups is 1. The van der Waals surface area contributed by atoms with E-state index < -0.39 is 0 Å². The highest BCUT2D eigenvalue weighted by atomic mass is 35.5. The molecule has 0 saturated carbocycles. The Hall–Kier alpha value is -1.61. The molecule has 0 amide bonds. The van der Waals surface area contributed by atoms with Gasteiger partial charge < -0.3 is 0 Å². The van der Waals surface area contributed by atoms with E-state index in [0.29, 0.717) is 17.1 Å². The van der Waals surface area contributed by atoms with Gasteiger partial charge >= 0.3 is 0 Å². The van der Waals surface area contributed by atoms with Crippen molar-refractivity contribution in [3.05, 3.63) is 52.8 Å². The minimum atomic E-state index is 0.0267. The molecule has 0 atom stereocenters. The molecular weight excluding hydrogens is 236 g/mol. The number of aryl methyl sites for hydroxylation is 2. The highest BCUT2D eigenvalue weighted by Crippen LogP contribution is 2.17. The van der Waals surface area contributed by atoms with Crippen molar-refractivity contribution in [3.63, 3.8) is 0 Å². The molecule has 0 unspecified atom stereocenters. The molecule has 0 aliphatic heterocycles. The van der Waals surface area contributed by atoms with Crippen LogP contribution in [-0.2, 0) is 13.5 Å². The third-order valence-corrected chi connectivity index (χ3v) is 2.92. The lowest BCUT2D eigenvalue weighted by Gasteiger charge is -2.02. The van der Waals surface area contributed by atoms with Crippen LogP contribution in [0, 0.1) is 0 Å². The van der Waals surface area contributed by atoms with Crippen LogP contribution in [0.4, 0.5) is 0 Å². The molecule has 0 fully saturated rings. The smallest absolute Gasteiger partial charge is 0.182 e. The first-order valence-electron chi connectivity index (χ1n) is 5.43. The molecule has 2 rings (SSSR count). The van der Waals surface area contributed by atoms with Gasteiger partial charge in [0.1, 0.15) is 5.69 Å². The van der Waals surface area contributed by atoms with Gasteiger partial charge in [-0.2, -0.15) is 5.10 Å². The van der Waals surface area contributed by atoms with Crippen LogP contribution >= 0.6 is 11.6 Å². The molecule has 0 N–H and O–H groups in total. The van der Waals surface area contributed by atoms with Crippen LogP contribution in [0.15, 0.2) is 36.5 Å². The number of hydrogen-bond donors (Lipinski definition) is 0. The first-order chi connectivity index (χ1) is 8.18. The maximum atomic E-state index is 12.0. The summed E-state index contributed by atoms with van der Waals surface area (Å²) >= 11 is 5.92. The van der Waals surface area contributed by atoms with Crippen molar-refractivity contribution in [2.45, 2.75) is 12.8 Å². The second kappa shape index (κ2) is 5.15. The Morgan fingerprint density at radius 3 is 2.65 bits per heavy atom. The van der Waals surface area contributed by atoms with Gasteiger partial charge in [-0.25, -0.2) is 0 Å². The summed E-state index contributed by atoms with van der Waals surface area (Å²) in [5.74, 6) is 0.0267. The van der Waals surface area contributed by atoms with Gasteiger partial charge in [-0.1, -0.05) is 41.9 Å². The predicted molar refractivity (Wildman–Crippen MR) is 67.3 cm³/mol. The second-order valence-electron chi connectivity index (χ2n) is 3.87. The van der Waals surface area contributed by atoms with E-state index in [1.165, 1.54) is 10.9 Å². The predicted octanol–water partition coefficient (Wildman–Crippen LogP) is 2.89. The zero-order chi connectivity index (χ0) is 12.3. The summed E-state index contributed by atoms with van der Waals surface area (Å²) in [5.41, 5.74) is 1.64. The van der Waals surface area contributed by atoms with E-state index in [4.69, 9.17) is 11.6 Å². The van der Waals surface area contributed by atoms with Crippen LogP contribution in [0.2, 0.25) is 5.02 Å². The van der Waals surface area contributed by atoms with Gasteiger partial charge in [0.15, 0.2) is 5.78 Å². The van der Waals surface area contributed by atoms with Gasteiger partial charge in [0.25, 0.3) is 0 Å². The SMILES string of the molecule is Cn1ncc(Cl)c1C(=O)CCc1ccccc1. The molecule has 2 aromatic rings. The summed E-state index contributed by atoms with van der Waals surface area (Å²) in [4.78, 5) is 12.0. The van der Waals surface area contributed by atoms with Crippen molar-refractivity contribution >= 4 is 17.4 Å². The van der Waals surface area contributed by atoms with Crippen LogP contribution in [-0.4, -0.2) is 15.6 Å². The van der Waals surface area contributed by atoms with Crippen molar-refractivity contribution in [2.24, 2.45) is 7.05 Å². The third kappa shape index (κ3) is 2.74. The van der Waals surface area contributed by atoms with Gasteiger partial charge in [0.05, 0.1) is 11.2 Å². The molecule has 0 aliphatic rings. The summed E-state index contributed by atoms with van der Waals surface area (Å²) in [6, 6.07) is 9.92. The van der Waals surface area contributed by atoms with E-state index in [1.54, 1.807) is 7.05 Å². The van der Waals surface area contributed by atoms with Crippen LogP contribution in [0.3, 0.4) is 0 Å². The molecule has 0 bridgehead atoms. The molecular formula is C13H13ClN2O. The molecule has 0 radical (unpaired) electrons. The van der Waals surface area contributed by atoms with Crippen molar-refractivity contribution < 1.29 is 4.79 Å². The van der Waals surface area contributed by atoms with E-state index in [2.05, 4.69) is 5.10 Å². The number of carbonyl (C=O) groups excluding carboxylic acids is 1. The topological polar surface area (TPSA) is 34.9 Å². The molecule has 0 saturated heterocycles. The monoisotopic (exact) mass is 248 g/mol. The van der Waals surface area contributed by atoms with E-state index in [0.717, 1.165) is 12.0 Å². The molecule has 0 aliphatic carbocycles. The number of aromatic nitrogens is 2. The molecule has 4 heteroatoms. The number of ketones is 1. The molecule has 1 aromatic heterocycles. The number of benzene rings is 1. The lowest BCUT2D eigenvalue weighted by Crippen LogP contribution is -2.08. The van der Waals surface area contributed by atoms with Crippen molar-refractivity contribution in [3.8, 4) is 0 Å². The molecule has 88 valence electrons. The highest BCUT2D eigenvalue weighted by molar-refractivity contribution is 6.33. The number of halogens is 1. The molecule has 1 heterocycles. The summed E-state index contributed by atoms with van der Waals surface area (Å²) in [6.45, 7) is 0. The molecule has 1 aromatic carbocycles. The minimum absolute atomic E-state index is 0.0267. The summed E-state index contributed by atoms with van der Waals surface area (Å²) in [6.07, 6.45) is 2.67. The first kappa shape index (κ1) is 11.9. The first-order valence-corrected chi connectivity index (χ1v) is 5.81. The standard InChI is InChI=1S/C13H13ClN2O/c1-16-13(11(14)9-15-16)12(17)8-7-10-5-3-2-4-6-10/h2-6,9H,7-8H2,1H3. The van der Waals surface area contributed by atoms with Crippen molar-refractivity contribution in [1.29, 1.82) is 0 Å². The fourth-order valence-electron chi connectivity index (χ4n) is 1.75. The van der Waals surface area contributed by atoms with Crippen molar-refractivity contribution in [2.75, 3.05) is 0 Å². The maximum absolute atomic E-state index is 12.0. The Bertz CT molecular complexity index is 500. The number of nitrogens with zero attached hydrogens (tertiary/aromatic N) is 2. The number of rotatable bonds is 4. The normalized spacial score (nSPS) is 10.5. The Morgan fingerprint density at radius 2 is 2.06 bits per heavy atom. The molecule has 0 spiro atoms. The van der Waals surface area contributed by atoms with Crippen LogP contribution in [0.5, 0.6) is 0 Å². The summed E-state index contributed by atoms with van der Waals surface area (Å²) < 4.78 is 1.52. The lowest BCUT2D eigenvalue weighted by molar-refractivity contribution is 0.0974. The zero-order valence-electron chi connectivity index (χ0n) is 9.56. The number of hydrogen-bond acceptors (Lipinski definition) is 2. The van der Waals surface area contributed by atoms with E-state index in [1.807, 2.05) is 30.3 Å². The summed E-state index contributed by atoms with van der Waals surface area (Å²) in [5, 5.41) is 4.38. The summed E-state index contributed by atoms with van der Waals surface area (Å²) in [7, 11) is 1.72. The average Bonchev–Trinajstić information content (AvgIpc) is 2.67. The fraction of sp³-hybridized carbons (Fsp3) is 0.231. The van der Waals surface area contributed by atoms with Gasteiger partial charge in [0.2, 0.25) is 0 Å². The zero-order valence-corrected chi connectivity index (χ0v) is 10.3. The van der Waals surface area contributed by atoms with E-state index in [9.17, 15) is 4.79 Å². The van der Waals surface area contributed by atoms with Crippen molar-refractivity contribution in [1.82, 2.24) is 9.78 Å². The maximum Gasteiger partial charge on any atom is 0.182 e. The van der Waals surface area contributed by atoms with E-state index in [-0.39, 0.29) is 5.78 Å². The van der Waals surface area contributed by atoms with Gasteiger partial charge in [-0.3, -0.25) is 9.48 Å². The third-order valence-electron chi connectivity index (χ3n) is 2.64. The fourth-order valence-corrected chi connectivity index (χ4v) is 2.02. The van der Waals surface area contributed by atoms with Gasteiger partial charge in [-0.15, -0.1) is 0 Å².